The maximum absolute atomic E-state index is 5.32. The molecule has 1 aliphatic rings. The molecule has 1 fully saturated rings. The monoisotopic (exact) mass is 279 g/mol. The molecule has 3 rings (SSSR count). The summed E-state index contributed by atoms with van der Waals surface area (Å²) in [6.07, 6.45) is 0.428. The van der Waals surface area contributed by atoms with E-state index in [-0.39, 0.29) is 0 Å². The highest BCUT2D eigenvalue weighted by Gasteiger charge is 2.24. The molecule has 16 heavy (non-hydrogen) atoms. The standard InChI is InChI=1S/C13H14BrNO/c1-8-9(2)15(6-11-7-16-11)13-4-3-10(14)5-12(8)13/h3-5,11H,6-7H2,1-2H3/t11-/m0/s1. The molecule has 0 saturated carbocycles. The topological polar surface area (TPSA) is 17.5 Å². The van der Waals surface area contributed by atoms with Crippen molar-refractivity contribution in [2.75, 3.05) is 6.61 Å². The number of epoxide rings is 1. The Bertz CT molecular complexity index is 555. The van der Waals surface area contributed by atoms with Gasteiger partial charge in [-0.3, -0.25) is 0 Å². The first-order valence-corrected chi connectivity index (χ1v) is 6.32. The summed E-state index contributed by atoms with van der Waals surface area (Å²) in [5.74, 6) is 0. The summed E-state index contributed by atoms with van der Waals surface area (Å²) in [5, 5.41) is 1.34. The van der Waals surface area contributed by atoms with E-state index in [1.807, 2.05) is 0 Å². The molecule has 0 radical (unpaired) electrons. The first kappa shape index (κ1) is 10.4. The summed E-state index contributed by atoms with van der Waals surface area (Å²) in [5.41, 5.74) is 4.04. The van der Waals surface area contributed by atoms with Gasteiger partial charge in [0.1, 0.15) is 0 Å². The summed E-state index contributed by atoms with van der Waals surface area (Å²) < 4.78 is 8.83. The van der Waals surface area contributed by atoms with Crippen LogP contribution < -0.4 is 0 Å². The number of fused-ring (bicyclic) bond motifs is 1. The molecule has 1 atom stereocenters. The fourth-order valence-corrected chi connectivity index (χ4v) is 2.60. The van der Waals surface area contributed by atoms with Crippen LogP contribution in [0.1, 0.15) is 11.3 Å². The lowest BCUT2D eigenvalue weighted by molar-refractivity contribution is 0.384. The number of benzene rings is 1. The smallest absolute Gasteiger partial charge is 0.0988 e. The SMILES string of the molecule is Cc1c(C)n(C[C@H]2CO2)c2ccc(Br)cc12. The van der Waals surface area contributed by atoms with Crippen LogP contribution in [0.5, 0.6) is 0 Å². The highest BCUT2D eigenvalue weighted by Crippen LogP contribution is 2.29. The number of aromatic nitrogens is 1. The molecule has 2 heterocycles. The predicted octanol–water partition coefficient (Wildman–Crippen LogP) is 3.42. The quantitative estimate of drug-likeness (QED) is 0.770. The van der Waals surface area contributed by atoms with E-state index in [1.165, 1.54) is 22.2 Å². The molecule has 0 aliphatic carbocycles. The average Bonchev–Trinajstić information content (AvgIpc) is 3.04. The zero-order valence-electron chi connectivity index (χ0n) is 9.46. The summed E-state index contributed by atoms with van der Waals surface area (Å²) in [4.78, 5) is 0. The van der Waals surface area contributed by atoms with E-state index in [4.69, 9.17) is 4.74 Å². The minimum absolute atomic E-state index is 0.428. The lowest BCUT2D eigenvalue weighted by Gasteiger charge is -2.05. The van der Waals surface area contributed by atoms with Crippen LogP contribution in [-0.2, 0) is 11.3 Å². The normalized spacial score (nSPS) is 19.3. The van der Waals surface area contributed by atoms with Crippen molar-refractivity contribution in [2.24, 2.45) is 0 Å². The Labute approximate surface area is 103 Å². The molecule has 2 aromatic rings. The van der Waals surface area contributed by atoms with Crippen molar-refractivity contribution in [3.63, 3.8) is 0 Å². The molecular weight excluding hydrogens is 266 g/mol. The van der Waals surface area contributed by atoms with E-state index in [1.54, 1.807) is 0 Å². The Kier molecular flexibility index (Phi) is 2.33. The van der Waals surface area contributed by atoms with Crippen molar-refractivity contribution in [1.29, 1.82) is 0 Å². The Balaban J connectivity index is 2.21. The van der Waals surface area contributed by atoms with Gasteiger partial charge in [-0.1, -0.05) is 15.9 Å². The molecule has 1 aliphatic heterocycles. The minimum atomic E-state index is 0.428. The summed E-state index contributed by atoms with van der Waals surface area (Å²) >= 11 is 3.53. The van der Waals surface area contributed by atoms with Crippen LogP contribution in [0, 0.1) is 13.8 Å². The van der Waals surface area contributed by atoms with Gasteiger partial charge in [0.15, 0.2) is 0 Å². The van der Waals surface area contributed by atoms with Crippen molar-refractivity contribution >= 4 is 26.8 Å². The van der Waals surface area contributed by atoms with Crippen LogP contribution in [0.2, 0.25) is 0 Å². The Morgan fingerprint density at radius 3 is 2.88 bits per heavy atom. The third kappa shape index (κ3) is 1.59. The molecule has 0 unspecified atom stereocenters. The van der Waals surface area contributed by atoms with Crippen LogP contribution >= 0.6 is 15.9 Å². The van der Waals surface area contributed by atoms with Gasteiger partial charge in [0.25, 0.3) is 0 Å². The molecule has 0 N–H and O–H groups in total. The molecule has 84 valence electrons. The van der Waals surface area contributed by atoms with Gasteiger partial charge in [0.05, 0.1) is 19.3 Å². The Hall–Kier alpha value is -0.800. The van der Waals surface area contributed by atoms with Crippen molar-refractivity contribution in [2.45, 2.75) is 26.5 Å². The third-order valence-electron chi connectivity index (χ3n) is 3.39. The van der Waals surface area contributed by atoms with Gasteiger partial charge in [-0.05, 0) is 37.6 Å². The van der Waals surface area contributed by atoms with Gasteiger partial charge < -0.3 is 9.30 Å². The zero-order chi connectivity index (χ0) is 11.3. The number of ether oxygens (including phenoxy) is 1. The fourth-order valence-electron chi connectivity index (χ4n) is 2.23. The average molecular weight is 280 g/mol. The maximum Gasteiger partial charge on any atom is 0.0988 e. The number of rotatable bonds is 2. The van der Waals surface area contributed by atoms with Gasteiger partial charge in [-0.25, -0.2) is 0 Å². The lowest BCUT2D eigenvalue weighted by Crippen LogP contribution is -2.05. The van der Waals surface area contributed by atoms with Crippen LogP contribution in [0.3, 0.4) is 0 Å². The van der Waals surface area contributed by atoms with E-state index in [0.29, 0.717) is 6.10 Å². The molecule has 1 saturated heterocycles. The van der Waals surface area contributed by atoms with E-state index < -0.39 is 0 Å². The molecule has 1 aromatic carbocycles. The zero-order valence-corrected chi connectivity index (χ0v) is 11.0. The van der Waals surface area contributed by atoms with Crippen molar-refractivity contribution in [3.8, 4) is 0 Å². The molecule has 2 nitrogen and oxygen atoms in total. The largest absolute Gasteiger partial charge is 0.371 e. The number of nitrogens with zero attached hydrogens (tertiary/aromatic N) is 1. The van der Waals surface area contributed by atoms with Crippen molar-refractivity contribution in [3.05, 3.63) is 33.9 Å². The molecular formula is C13H14BrNO. The van der Waals surface area contributed by atoms with Gasteiger partial charge >= 0.3 is 0 Å². The van der Waals surface area contributed by atoms with E-state index in [0.717, 1.165) is 17.6 Å². The molecule has 0 amide bonds. The van der Waals surface area contributed by atoms with E-state index >= 15 is 0 Å². The van der Waals surface area contributed by atoms with Gasteiger partial charge in [-0.15, -0.1) is 0 Å². The van der Waals surface area contributed by atoms with Crippen LogP contribution in [0.25, 0.3) is 10.9 Å². The number of halogens is 1. The summed E-state index contributed by atoms with van der Waals surface area (Å²) in [6.45, 7) is 6.27. The van der Waals surface area contributed by atoms with Crippen molar-refractivity contribution in [1.82, 2.24) is 4.57 Å². The van der Waals surface area contributed by atoms with E-state index in [9.17, 15) is 0 Å². The second-order valence-electron chi connectivity index (χ2n) is 4.44. The maximum atomic E-state index is 5.32. The first-order valence-electron chi connectivity index (χ1n) is 5.53. The van der Waals surface area contributed by atoms with Gasteiger partial charge in [0, 0.05) is 21.1 Å². The fraction of sp³-hybridized carbons (Fsp3) is 0.385. The highest BCUT2D eigenvalue weighted by atomic mass is 79.9. The third-order valence-corrected chi connectivity index (χ3v) is 3.88. The highest BCUT2D eigenvalue weighted by molar-refractivity contribution is 9.10. The second-order valence-corrected chi connectivity index (χ2v) is 5.35. The van der Waals surface area contributed by atoms with Crippen LogP contribution in [0.15, 0.2) is 22.7 Å². The van der Waals surface area contributed by atoms with E-state index in [2.05, 4.69) is 52.5 Å². The van der Waals surface area contributed by atoms with Crippen molar-refractivity contribution < 1.29 is 4.74 Å². The summed E-state index contributed by atoms with van der Waals surface area (Å²) in [6, 6.07) is 6.48. The number of aryl methyl sites for hydroxylation is 1. The predicted molar refractivity (Wildman–Crippen MR) is 68.9 cm³/mol. The second kappa shape index (κ2) is 3.60. The lowest BCUT2D eigenvalue weighted by atomic mass is 10.2. The summed E-state index contributed by atoms with van der Waals surface area (Å²) in [7, 11) is 0. The molecule has 3 heteroatoms. The number of hydrogen-bond donors (Lipinski definition) is 0. The van der Waals surface area contributed by atoms with Crippen LogP contribution in [0.4, 0.5) is 0 Å². The molecule has 0 spiro atoms. The minimum Gasteiger partial charge on any atom is -0.371 e. The van der Waals surface area contributed by atoms with Gasteiger partial charge in [0.2, 0.25) is 0 Å². The first-order chi connectivity index (χ1) is 7.66. The molecule has 1 aromatic heterocycles. The Morgan fingerprint density at radius 2 is 2.19 bits per heavy atom. The Morgan fingerprint density at radius 1 is 1.44 bits per heavy atom. The number of hydrogen-bond acceptors (Lipinski definition) is 1. The van der Waals surface area contributed by atoms with Gasteiger partial charge in [-0.2, -0.15) is 0 Å². The molecule has 0 bridgehead atoms. The van der Waals surface area contributed by atoms with Crippen LogP contribution in [-0.4, -0.2) is 17.3 Å².